The number of amides is 1. The first-order chi connectivity index (χ1) is 14.7. The summed E-state index contributed by atoms with van der Waals surface area (Å²) in [6, 6.07) is 0.731. The summed E-state index contributed by atoms with van der Waals surface area (Å²) in [5.41, 5.74) is 0.586. The molecule has 1 aliphatic heterocycles. The second kappa shape index (κ2) is 7.78. The number of carbonyl (C=O) groups excluding carboxylic acids is 1. The van der Waals surface area contributed by atoms with Crippen LogP contribution in [0.5, 0.6) is 0 Å². The molecule has 2 aliphatic carbocycles. The van der Waals surface area contributed by atoms with Crippen molar-refractivity contribution in [2.75, 3.05) is 24.5 Å². The van der Waals surface area contributed by atoms with Crippen molar-refractivity contribution >= 4 is 45.5 Å². The van der Waals surface area contributed by atoms with Crippen LogP contribution in [0.4, 0.5) is 10.6 Å². The average Bonchev–Trinajstić information content (AvgIpc) is 3.41. The van der Waals surface area contributed by atoms with Crippen molar-refractivity contribution in [3.05, 3.63) is 16.1 Å². The van der Waals surface area contributed by atoms with Crippen LogP contribution in [-0.2, 0) is 4.74 Å². The lowest BCUT2D eigenvalue weighted by molar-refractivity contribution is 0.0218. The van der Waals surface area contributed by atoms with Gasteiger partial charge in [0.25, 0.3) is 0 Å². The molecule has 0 N–H and O–H groups in total. The Labute approximate surface area is 197 Å². The van der Waals surface area contributed by atoms with E-state index in [2.05, 4.69) is 45.2 Å². The van der Waals surface area contributed by atoms with Crippen LogP contribution in [0.3, 0.4) is 0 Å². The van der Waals surface area contributed by atoms with Gasteiger partial charge >= 0.3 is 6.09 Å². The monoisotopic (exact) mass is 537 g/mol. The van der Waals surface area contributed by atoms with Crippen LogP contribution >= 0.6 is 22.6 Å². The summed E-state index contributed by atoms with van der Waals surface area (Å²) in [5.74, 6) is 2.69. The van der Waals surface area contributed by atoms with E-state index in [4.69, 9.17) is 14.7 Å². The summed E-state index contributed by atoms with van der Waals surface area (Å²) in [6.07, 6.45) is 9.19. The number of nitrogens with zero attached hydrogens (tertiary/aromatic N) is 5. The number of anilines is 1. The van der Waals surface area contributed by atoms with E-state index in [1.54, 1.807) is 6.33 Å². The van der Waals surface area contributed by atoms with E-state index < -0.39 is 5.60 Å². The van der Waals surface area contributed by atoms with Crippen molar-refractivity contribution in [1.29, 1.82) is 0 Å². The molecule has 2 bridgehead atoms. The molecule has 0 radical (unpaired) electrons. The lowest BCUT2D eigenvalue weighted by Crippen LogP contribution is -2.54. The van der Waals surface area contributed by atoms with Gasteiger partial charge in [-0.05, 0) is 81.4 Å². The molecule has 168 valence electrons. The van der Waals surface area contributed by atoms with Crippen LogP contribution in [0.2, 0.25) is 0 Å². The molecule has 31 heavy (non-hydrogen) atoms. The molecule has 4 atom stereocenters. The van der Waals surface area contributed by atoms with Crippen molar-refractivity contribution < 1.29 is 9.53 Å². The molecule has 3 aliphatic rings. The minimum atomic E-state index is -0.477. The maximum absolute atomic E-state index is 12.5. The lowest BCUT2D eigenvalue weighted by Gasteiger charge is -2.41. The van der Waals surface area contributed by atoms with Gasteiger partial charge in [-0.1, -0.05) is 6.42 Å². The minimum absolute atomic E-state index is 0.154. The third-order valence-electron chi connectivity index (χ3n) is 7.15. The summed E-state index contributed by atoms with van der Waals surface area (Å²) >= 11 is 2.44. The maximum atomic E-state index is 12.5. The number of hydrogen-bond acceptors (Lipinski definition) is 5. The predicted octanol–water partition coefficient (Wildman–Crippen LogP) is 4.84. The molecule has 3 heterocycles. The Balaban J connectivity index is 1.40. The van der Waals surface area contributed by atoms with E-state index in [0.717, 1.165) is 35.2 Å². The summed E-state index contributed by atoms with van der Waals surface area (Å²) in [5, 5.41) is 1.16. The maximum Gasteiger partial charge on any atom is 0.410 e. The Hall–Kier alpha value is -1.58. The van der Waals surface area contributed by atoms with Crippen LogP contribution in [0, 0.1) is 15.4 Å². The van der Waals surface area contributed by atoms with Gasteiger partial charge in [0.05, 0.1) is 5.39 Å². The van der Waals surface area contributed by atoms with E-state index in [0.29, 0.717) is 19.1 Å². The van der Waals surface area contributed by atoms with Crippen LogP contribution in [0.1, 0.15) is 59.4 Å². The number of rotatable bonds is 2. The highest BCUT2D eigenvalue weighted by Gasteiger charge is 2.41. The molecule has 2 aromatic rings. The molecule has 2 aromatic heterocycles. The Bertz CT molecular complexity index is 1000. The fourth-order valence-electron chi connectivity index (χ4n) is 5.81. The number of hydrogen-bond donors (Lipinski definition) is 0. The van der Waals surface area contributed by atoms with Gasteiger partial charge < -0.3 is 19.1 Å². The van der Waals surface area contributed by atoms with E-state index in [1.807, 2.05) is 25.7 Å². The molecule has 0 spiro atoms. The van der Waals surface area contributed by atoms with Gasteiger partial charge in [-0.15, -0.1) is 0 Å². The normalized spacial score (nSPS) is 28.5. The molecule has 3 fully saturated rings. The molecule has 1 amide bonds. The lowest BCUT2D eigenvalue weighted by atomic mass is 9.95. The van der Waals surface area contributed by atoms with E-state index >= 15 is 0 Å². The number of halogens is 1. The van der Waals surface area contributed by atoms with E-state index in [9.17, 15) is 4.79 Å². The van der Waals surface area contributed by atoms with Crippen LogP contribution < -0.4 is 4.90 Å². The van der Waals surface area contributed by atoms with Gasteiger partial charge in [0.15, 0.2) is 0 Å². The van der Waals surface area contributed by atoms with Gasteiger partial charge in [-0.2, -0.15) is 0 Å². The van der Waals surface area contributed by atoms with Crippen molar-refractivity contribution in [1.82, 2.24) is 19.4 Å². The summed E-state index contributed by atoms with van der Waals surface area (Å²) in [7, 11) is 0. The second-order valence-corrected chi connectivity index (χ2v) is 11.7. The molecule has 2 saturated carbocycles. The molecule has 1 saturated heterocycles. The number of piperazine rings is 1. The smallest absolute Gasteiger partial charge is 0.410 e. The van der Waals surface area contributed by atoms with Gasteiger partial charge in [0.1, 0.15) is 23.4 Å². The molecule has 0 aromatic carbocycles. The van der Waals surface area contributed by atoms with Gasteiger partial charge in [0, 0.05) is 41.5 Å². The van der Waals surface area contributed by atoms with Crippen LogP contribution in [0.25, 0.3) is 11.0 Å². The summed E-state index contributed by atoms with van der Waals surface area (Å²) in [4.78, 5) is 26.1. The average molecular weight is 537 g/mol. The van der Waals surface area contributed by atoms with Crippen molar-refractivity contribution in [3.63, 3.8) is 0 Å². The Morgan fingerprint density at radius 1 is 1.19 bits per heavy atom. The topological polar surface area (TPSA) is 63.5 Å². The highest BCUT2D eigenvalue weighted by Crippen LogP contribution is 2.51. The van der Waals surface area contributed by atoms with Gasteiger partial charge in [0.2, 0.25) is 0 Å². The number of ether oxygens (including phenoxy) is 1. The Kier molecular flexibility index (Phi) is 5.34. The Morgan fingerprint density at radius 2 is 2.00 bits per heavy atom. The highest BCUT2D eigenvalue weighted by molar-refractivity contribution is 14.1. The zero-order valence-corrected chi connectivity index (χ0v) is 21.0. The van der Waals surface area contributed by atoms with Gasteiger partial charge in [-0.3, -0.25) is 0 Å². The number of fused-ring (bicyclic) bond motifs is 3. The third kappa shape index (κ3) is 3.89. The van der Waals surface area contributed by atoms with Crippen molar-refractivity contribution in [3.8, 4) is 0 Å². The summed E-state index contributed by atoms with van der Waals surface area (Å²) in [6.45, 7) is 9.88. The zero-order chi connectivity index (χ0) is 21.9. The molecule has 8 heteroatoms. The number of carbonyl (C=O) groups is 1. The zero-order valence-electron chi connectivity index (χ0n) is 18.8. The first-order valence-electron chi connectivity index (χ1n) is 11.5. The fraction of sp³-hybridized carbons (Fsp3) is 0.696. The summed E-state index contributed by atoms with van der Waals surface area (Å²) < 4.78 is 9.23. The third-order valence-corrected chi connectivity index (χ3v) is 7.97. The Morgan fingerprint density at radius 3 is 2.65 bits per heavy atom. The van der Waals surface area contributed by atoms with Crippen molar-refractivity contribution in [2.45, 2.75) is 71.1 Å². The number of aromatic nitrogens is 3. The largest absolute Gasteiger partial charge is 0.444 e. The van der Waals surface area contributed by atoms with E-state index in [1.165, 1.54) is 29.3 Å². The molecular formula is C23H32IN5O2. The molecular weight excluding hydrogens is 505 g/mol. The quantitative estimate of drug-likeness (QED) is 0.513. The first-order valence-corrected chi connectivity index (χ1v) is 12.5. The van der Waals surface area contributed by atoms with Crippen LogP contribution in [-0.4, -0.2) is 56.8 Å². The minimum Gasteiger partial charge on any atom is -0.444 e. The van der Waals surface area contributed by atoms with Crippen LogP contribution in [0.15, 0.2) is 12.5 Å². The molecule has 0 unspecified atom stereocenters. The highest BCUT2D eigenvalue weighted by atomic mass is 127. The SMILES string of the molecule is C[C@H]1CN(C(=O)OC(C)(C)C)CCN1c1ncnc2c1c(I)cn2[C@@H]1C[C@@H]2CC[C@H]1C2. The first kappa shape index (κ1) is 21.3. The molecule has 5 rings (SSSR count). The fourth-order valence-corrected chi connectivity index (χ4v) is 6.59. The van der Waals surface area contributed by atoms with Crippen molar-refractivity contribution in [2.24, 2.45) is 11.8 Å². The second-order valence-electron chi connectivity index (χ2n) is 10.5. The molecule has 7 nitrogen and oxygen atoms in total. The van der Waals surface area contributed by atoms with E-state index in [-0.39, 0.29) is 12.1 Å². The van der Waals surface area contributed by atoms with Gasteiger partial charge in [-0.25, -0.2) is 14.8 Å². The predicted molar refractivity (Wildman–Crippen MR) is 129 cm³/mol. The standard InChI is InChI=1S/C23H32IN5O2/c1-14-11-27(22(30)31-23(2,3)4)7-8-28(14)20-19-17(24)12-29(21(19)26-13-25-20)18-10-15-5-6-16(18)9-15/h12-16,18H,5-11H2,1-4H3/t14-,15+,16-,18+/m0/s1.